The van der Waals surface area contributed by atoms with Gasteiger partial charge in [-0.05, 0) is 53.6 Å². The van der Waals surface area contributed by atoms with Crippen LogP contribution >= 0.6 is 0 Å². The molecule has 0 spiro atoms. The minimum Gasteiger partial charge on any atom is -0.352 e. The normalized spacial score (nSPS) is 10.9. The van der Waals surface area contributed by atoms with Gasteiger partial charge in [-0.2, -0.15) is 0 Å². The van der Waals surface area contributed by atoms with E-state index in [1.807, 2.05) is 12.1 Å². The molecule has 0 saturated carbocycles. The number of aromatic amines is 1. The second-order valence-corrected chi connectivity index (χ2v) is 5.41. The van der Waals surface area contributed by atoms with Crippen LogP contribution < -0.4 is 5.32 Å². The van der Waals surface area contributed by atoms with Gasteiger partial charge in [0.1, 0.15) is 11.6 Å². The zero-order valence-electron chi connectivity index (χ0n) is 13.4. The fraction of sp³-hybridized carbons (Fsp3) is 0.105. The molecular weight excluding hydrogens is 319 g/mol. The van der Waals surface area contributed by atoms with Crippen molar-refractivity contribution in [2.45, 2.75) is 6.42 Å². The molecule has 2 heterocycles. The standard InChI is InChI=1S/C19H17FN4O/c20-16-4-2-15(3-5-16)17-13-23-18(24-17)9-12-22-19(25)6-1-14-7-10-21-11-8-14/h1-8,10-11,13H,9,12H2,(H,22,25)(H,23,24). The van der Waals surface area contributed by atoms with Crippen molar-refractivity contribution in [1.29, 1.82) is 0 Å². The molecule has 6 heteroatoms. The van der Waals surface area contributed by atoms with E-state index in [2.05, 4.69) is 20.3 Å². The van der Waals surface area contributed by atoms with Crippen molar-refractivity contribution < 1.29 is 9.18 Å². The molecular formula is C19H17FN4O. The monoisotopic (exact) mass is 336 g/mol. The number of carbonyl (C=O) groups excluding carboxylic acids is 1. The van der Waals surface area contributed by atoms with E-state index in [9.17, 15) is 9.18 Å². The van der Waals surface area contributed by atoms with Gasteiger partial charge in [-0.15, -0.1) is 0 Å². The third-order valence-corrected chi connectivity index (χ3v) is 3.58. The zero-order chi connectivity index (χ0) is 17.5. The molecule has 0 fully saturated rings. The molecule has 0 radical (unpaired) electrons. The molecule has 0 bridgehead atoms. The topological polar surface area (TPSA) is 70.7 Å². The molecule has 3 aromatic rings. The Morgan fingerprint density at radius 2 is 1.92 bits per heavy atom. The van der Waals surface area contributed by atoms with E-state index < -0.39 is 0 Å². The Bertz CT molecular complexity index is 857. The van der Waals surface area contributed by atoms with E-state index in [0.29, 0.717) is 13.0 Å². The summed E-state index contributed by atoms with van der Waals surface area (Å²) in [5.41, 5.74) is 2.60. The number of nitrogens with one attached hydrogen (secondary N) is 2. The lowest BCUT2D eigenvalue weighted by Gasteiger charge is -2.00. The van der Waals surface area contributed by atoms with Gasteiger partial charge in [0.25, 0.3) is 0 Å². The van der Waals surface area contributed by atoms with Crippen molar-refractivity contribution in [3.63, 3.8) is 0 Å². The van der Waals surface area contributed by atoms with Crippen LogP contribution in [0.4, 0.5) is 4.39 Å². The van der Waals surface area contributed by atoms with E-state index in [1.54, 1.807) is 36.8 Å². The highest BCUT2D eigenvalue weighted by molar-refractivity contribution is 5.91. The van der Waals surface area contributed by atoms with Crippen LogP contribution in [0.25, 0.3) is 17.3 Å². The average molecular weight is 336 g/mol. The smallest absolute Gasteiger partial charge is 0.244 e. The lowest BCUT2D eigenvalue weighted by molar-refractivity contribution is -0.116. The Morgan fingerprint density at radius 3 is 2.68 bits per heavy atom. The quantitative estimate of drug-likeness (QED) is 0.680. The molecule has 0 atom stereocenters. The van der Waals surface area contributed by atoms with Crippen LogP contribution in [0.5, 0.6) is 0 Å². The Hall–Kier alpha value is -3.28. The van der Waals surface area contributed by atoms with Crippen LogP contribution in [0.1, 0.15) is 11.4 Å². The number of aromatic nitrogens is 3. The number of hydrogen-bond donors (Lipinski definition) is 2. The Labute approximate surface area is 144 Å². The molecule has 0 saturated heterocycles. The Morgan fingerprint density at radius 1 is 1.16 bits per heavy atom. The third-order valence-electron chi connectivity index (χ3n) is 3.58. The number of hydrogen-bond acceptors (Lipinski definition) is 3. The Balaban J connectivity index is 1.48. The molecule has 0 aliphatic heterocycles. The first kappa shape index (κ1) is 16.6. The van der Waals surface area contributed by atoms with Gasteiger partial charge in [0.05, 0.1) is 11.9 Å². The number of pyridine rings is 1. The first-order chi connectivity index (χ1) is 12.2. The van der Waals surface area contributed by atoms with Crippen molar-refractivity contribution in [3.8, 4) is 11.3 Å². The molecule has 126 valence electrons. The number of rotatable bonds is 6. The third kappa shape index (κ3) is 4.84. The summed E-state index contributed by atoms with van der Waals surface area (Å²) in [6, 6.07) is 9.85. The van der Waals surface area contributed by atoms with Gasteiger partial charge in [0.15, 0.2) is 0 Å². The van der Waals surface area contributed by atoms with Crippen molar-refractivity contribution in [1.82, 2.24) is 20.3 Å². The fourth-order valence-electron chi connectivity index (χ4n) is 2.28. The predicted molar refractivity (Wildman–Crippen MR) is 94.0 cm³/mol. The largest absolute Gasteiger partial charge is 0.352 e. The van der Waals surface area contributed by atoms with Crippen LogP contribution in [0, 0.1) is 5.82 Å². The minimum absolute atomic E-state index is 0.165. The summed E-state index contributed by atoms with van der Waals surface area (Å²) < 4.78 is 12.9. The van der Waals surface area contributed by atoms with E-state index in [0.717, 1.165) is 22.6 Å². The summed E-state index contributed by atoms with van der Waals surface area (Å²) in [7, 11) is 0. The summed E-state index contributed by atoms with van der Waals surface area (Å²) in [4.78, 5) is 23.2. The summed E-state index contributed by atoms with van der Waals surface area (Å²) in [5.74, 6) is 0.325. The van der Waals surface area contributed by atoms with Gasteiger partial charge in [-0.1, -0.05) is 0 Å². The fourth-order valence-corrected chi connectivity index (χ4v) is 2.28. The van der Waals surface area contributed by atoms with Crippen LogP contribution in [-0.2, 0) is 11.2 Å². The van der Waals surface area contributed by atoms with E-state index >= 15 is 0 Å². The SMILES string of the molecule is O=C(C=Cc1ccncc1)NCCc1ncc(-c2ccc(F)cc2)[nH]1. The molecule has 0 aliphatic rings. The first-order valence-corrected chi connectivity index (χ1v) is 7.86. The highest BCUT2D eigenvalue weighted by atomic mass is 19.1. The molecule has 2 N–H and O–H groups in total. The van der Waals surface area contributed by atoms with Crippen LogP contribution in [0.2, 0.25) is 0 Å². The van der Waals surface area contributed by atoms with Gasteiger partial charge in [-0.25, -0.2) is 9.37 Å². The number of carbonyl (C=O) groups is 1. The summed E-state index contributed by atoms with van der Waals surface area (Å²) in [6.07, 6.45) is 8.85. The number of nitrogens with zero attached hydrogens (tertiary/aromatic N) is 2. The van der Waals surface area contributed by atoms with E-state index in [1.165, 1.54) is 18.2 Å². The lowest BCUT2D eigenvalue weighted by atomic mass is 10.2. The number of benzene rings is 1. The lowest BCUT2D eigenvalue weighted by Crippen LogP contribution is -2.23. The number of amides is 1. The van der Waals surface area contributed by atoms with Crippen molar-refractivity contribution >= 4 is 12.0 Å². The number of H-pyrrole nitrogens is 1. The highest BCUT2D eigenvalue weighted by Crippen LogP contribution is 2.17. The van der Waals surface area contributed by atoms with Gasteiger partial charge >= 0.3 is 0 Å². The predicted octanol–water partition coefficient (Wildman–Crippen LogP) is 2.98. The van der Waals surface area contributed by atoms with Gasteiger partial charge in [0.2, 0.25) is 5.91 Å². The number of imidazole rings is 1. The summed E-state index contributed by atoms with van der Waals surface area (Å²) >= 11 is 0. The summed E-state index contributed by atoms with van der Waals surface area (Å²) in [6.45, 7) is 0.468. The maximum Gasteiger partial charge on any atom is 0.244 e. The van der Waals surface area contributed by atoms with Crippen LogP contribution in [0.3, 0.4) is 0 Å². The molecule has 3 rings (SSSR count). The zero-order valence-corrected chi connectivity index (χ0v) is 13.4. The molecule has 5 nitrogen and oxygen atoms in total. The van der Waals surface area contributed by atoms with Crippen LogP contribution in [-0.4, -0.2) is 27.4 Å². The molecule has 2 aromatic heterocycles. The van der Waals surface area contributed by atoms with Gasteiger partial charge < -0.3 is 10.3 Å². The van der Waals surface area contributed by atoms with Gasteiger partial charge in [-0.3, -0.25) is 9.78 Å². The first-order valence-electron chi connectivity index (χ1n) is 7.86. The maximum atomic E-state index is 12.9. The Kier molecular flexibility index (Phi) is 5.31. The van der Waals surface area contributed by atoms with Crippen molar-refractivity contribution in [2.24, 2.45) is 0 Å². The second-order valence-electron chi connectivity index (χ2n) is 5.41. The molecule has 1 amide bonds. The van der Waals surface area contributed by atoms with E-state index in [4.69, 9.17) is 0 Å². The number of halogens is 1. The molecule has 0 aliphatic carbocycles. The highest BCUT2D eigenvalue weighted by Gasteiger charge is 2.04. The van der Waals surface area contributed by atoms with Gasteiger partial charge in [0, 0.05) is 31.4 Å². The molecule has 25 heavy (non-hydrogen) atoms. The van der Waals surface area contributed by atoms with Crippen molar-refractivity contribution in [3.05, 3.63) is 78.3 Å². The van der Waals surface area contributed by atoms with E-state index in [-0.39, 0.29) is 11.7 Å². The van der Waals surface area contributed by atoms with Crippen molar-refractivity contribution in [2.75, 3.05) is 6.54 Å². The molecule has 0 unspecified atom stereocenters. The second kappa shape index (κ2) is 8.01. The summed E-state index contributed by atoms with van der Waals surface area (Å²) in [5, 5.41) is 2.81. The average Bonchev–Trinajstić information content (AvgIpc) is 3.10. The minimum atomic E-state index is -0.272. The maximum absolute atomic E-state index is 12.9. The molecule has 1 aromatic carbocycles. The van der Waals surface area contributed by atoms with Crippen LogP contribution in [0.15, 0.2) is 61.1 Å².